The Morgan fingerprint density at radius 2 is 1.48 bits per heavy atom. The highest BCUT2D eigenvalue weighted by Crippen LogP contribution is 2.28. The van der Waals surface area contributed by atoms with Gasteiger partial charge < -0.3 is 5.32 Å². The number of nitrogens with zero attached hydrogens (tertiary/aromatic N) is 1. The topological polar surface area (TPSA) is 66.5 Å². The van der Waals surface area contributed by atoms with Crippen molar-refractivity contribution in [1.29, 1.82) is 0 Å². The van der Waals surface area contributed by atoms with Crippen molar-refractivity contribution >= 4 is 27.3 Å². The molecule has 0 aliphatic carbocycles. The first-order chi connectivity index (χ1) is 14.6. The van der Waals surface area contributed by atoms with Crippen LogP contribution in [0.5, 0.6) is 0 Å². The molecule has 162 valence electrons. The second kappa shape index (κ2) is 8.94. The predicted molar refractivity (Wildman–Crippen MR) is 127 cm³/mol. The molecule has 0 unspecified atom stereocenters. The molecule has 1 amide bonds. The van der Waals surface area contributed by atoms with Gasteiger partial charge in [0.2, 0.25) is 10.0 Å². The number of para-hydroxylation sites is 1. The molecular formula is C25H28N2O3S. The molecule has 1 N–H and O–H groups in total. The maximum absolute atomic E-state index is 12.6. The van der Waals surface area contributed by atoms with E-state index in [-0.39, 0.29) is 12.5 Å². The number of hydrogen-bond acceptors (Lipinski definition) is 3. The highest BCUT2D eigenvalue weighted by Gasteiger charge is 2.21. The zero-order valence-electron chi connectivity index (χ0n) is 18.6. The van der Waals surface area contributed by atoms with E-state index in [1.807, 2.05) is 64.1 Å². The molecule has 0 atom stereocenters. The predicted octanol–water partition coefficient (Wildman–Crippen LogP) is 5.14. The molecular weight excluding hydrogens is 408 g/mol. The largest absolute Gasteiger partial charge is 0.322 e. The van der Waals surface area contributed by atoms with Gasteiger partial charge >= 0.3 is 0 Å². The van der Waals surface area contributed by atoms with E-state index in [1.54, 1.807) is 24.3 Å². The van der Waals surface area contributed by atoms with Crippen LogP contribution in [0.1, 0.15) is 38.2 Å². The molecule has 3 aromatic carbocycles. The van der Waals surface area contributed by atoms with Gasteiger partial charge in [-0.05, 0) is 68.1 Å². The first-order valence-electron chi connectivity index (χ1n) is 10.1. The Morgan fingerprint density at radius 1 is 0.871 bits per heavy atom. The van der Waals surface area contributed by atoms with Crippen molar-refractivity contribution in [1.82, 2.24) is 0 Å². The lowest BCUT2D eigenvalue weighted by atomic mass is 10.1. The summed E-state index contributed by atoms with van der Waals surface area (Å²) in [5, 5.41) is 2.93. The van der Waals surface area contributed by atoms with Crippen molar-refractivity contribution in [2.45, 2.75) is 34.2 Å². The number of aryl methyl sites for hydroxylation is 4. The molecule has 0 heterocycles. The zero-order chi connectivity index (χ0) is 22.8. The fourth-order valence-corrected chi connectivity index (χ4v) is 4.64. The van der Waals surface area contributed by atoms with Gasteiger partial charge in [-0.3, -0.25) is 9.10 Å². The highest BCUT2D eigenvalue weighted by molar-refractivity contribution is 7.92. The number of anilines is 2. The molecule has 0 radical (unpaired) electrons. The van der Waals surface area contributed by atoms with E-state index < -0.39 is 10.0 Å². The Bertz CT molecular complexity index is 1200. The molecule has 5 nitrogen and oxygen atoms in total. The van der Waals surface area contributed by atoms with Gasteiger partial charge in [-0.2, -0.15) is 0 Å². The molecule has 0 aromatic heterocycles. The van der Waals surface area contributed by atoms with Crippen LogP contribution < -0.4 is 9.62 Å². The average Bonchev–Trinajstić information content (AvgIpc) is 2.69. The average molecular weight is 437 g/mol. The lowest BCUT2D eigenvalue weighted by Crippen LogP contribution is -2.30. The molecule has 6 heteroatoms. The quantitative estimate of drug-likeness (QED) is 0.582. The standard InChI is InChI=1S/C25H28N2O3S/c1-17-9-14-23(20(4)15-17)26-25(28)22-12-10-21(11-13-22)16-27(31(5,29)30)24-18(2)7-6-8-19(24)3/h6-15H,16H2,1-5H3,(H,26,28). The summed E-state index contributed by atoms with van der Waals surface area (Å²) in [6, 6.07) is 18.6. The van der Waals surface area contributed by atoms with E-state index in [1.165, 1.54) is 10.6 Å². The van der Waals surface area contributed by atoms with Crippen molar-refractivity contribution in [3.8, 4) is 0 Å². The number of carbonyl (C=O) groups excluding carboxylic acids is 1. The molecule has 0 aliphatic heterocycles. The summed E-state index contributed by atoms with van der Waals surface area (Å²) >= 11 is 0. The Balaban J connectivity index is 1.82. The summed E-state index contributed by atoms with van der Waals surface area (Å²) in [4.78, 5) is 12.6. The minimum Gasteiger partial charge on any atom is -0.322 e. The fraction of sp³-hybridized carbons (Fsp3) is 0.240. The van der Waals surface area contributed by atoms with E-state index in [0.29, 0.717) is 11.3 Å². The maximum atomic E-state index is 12.6. The van der Waals surface area contributed by atoms with Gasteiger partial charge in [-0.25, -0.2) is 8.42 Å². The Kier molecular flexibility index (Phi) is 6.51. The molecule has 0 saturated heterocycles. The van der Waals surface area contributed by atoms with E-state index in [0.717, 1.165) is 33.5 Å². The third kappa shape index (κ3) is 5.33. The van der Waals surface area contributed by atoms with E-state index in [2.05, 4.69) is 5.32 Å². The van der Waals surface area contributed by atoms with Gasteiger partial charge in [0.1, 0.15) is 0 Å². The molecule has 0 spiro atoms. The Labute approximate surface area is 184 Å². The normalized spacial score (nSPS) is 11.3. The molecule has 0 bridgehead atoms. The lowest BCUT2D eigenvalue weighted by molar-refractivity contribution is 0.102. The van der Waals surface area contributed by atoms with E-state index in [9.17, 15) is 13.2 Å². The number of benzene rings is 3. The van der Waals surface area contributed by atoms with Crippen LogP contribution >= 0.6 is 0 Å². The molecule has 0 saturated carbocycles. The van der Waals surface area contributed by atoms with E-state index >= 15 is 0 Å². The van der Waals surface area contributed by atoms with Crippen molar-refractivity contribution in [2.24, 2.45) is 0 Å². The second-order valence-corrected chi connectivity index (χ2v) is 9.89. The number of sulfonamides is 1. The van der Waals surface area contributed by atoms with Gasteiger partial charge in [0.05, 0.1) is 18.5 Å². The Morgan fingerprint density at radius 3 is 2.03 bits per heavy atom. The van der Waals surface area contributed by atoms with Crippen LogP contribution in [0.3, 0.4) is 0 Å². The van der Waals surface area contributed by atoms with Crippen molar-refractivity contribution < 1.29 is 13.2 Å². The number of hydrogen-bond donors (Lipinski definition) is 1. The number of rotatable bonds is 6. The molecule has 0 aliphatic rings. The molecule has 3 rings (SSSR count). The Hall–Kier alpha value is -3.12. The summed E-state index contributed by atoms with van der Waals surface area (Å²) in [5.74, 6) is -0.201. The van der Waals surface area contributed by atoms with Crippen LogP contribution in [0.2, 0.25) is 0 Å². The van der Waals surface area contributed by atoms with Crippen LogP contribution in [0, 0.1) is 27.7 Å². The van der Waals surface area contributed by atoms with Gasteiger partial charge in [0.25, 0.3) is 5.91 Å². The number of carbonyl (C=O) groups is 1. The number of nitrogens with one attached hydrogen (secondary N) is 1. The van der Waals surface area contributed by atoms with Gasteiger partial charge in [-0.15, -0.1) is 0 Å². The minimum atomic E-state index is -3.48. The third-order valence-corrected chi connectivity index (χ3v) is 6.37. The van der Waals surface area contributed by atoms with Crippen LogP contribution in [0.25, 0.3) is 0 Å². The molecule has 31 heavy (non-hydrogen) atoms. The summed E-state index contributed by atoms with van der Waals surface area (Å²) in [6.07, 6.45) is 1.21. The lowest BCUT2D eigenvalue weighted by Gasteiger charge is -2.26. The summed E-state index contributed by atoms with van der Waals surface area (Å²) in [7, 11) is -3.48. The highest BCUT2D eigenvalue weighted by atomic mass is 32.2. The van der Waals surface area contributed by atoms with Gasteiger partial charge in [-0.1, -0.05) is 48.0 Å². The summed E-state index contributed by atoms with van der Waals surface area (Å²) in [5.41, 5.74) is 6.73. The van der Waals surface area contributed by atoms with Crippen molar-refractivity contribution in [3.63, 3.8) is 0 Å². The van der Waals surface area contributed by atoms with Gasteiger partial charge in [0.15, 0.2) is 0 Å². The third-order valence-electron chi connectivity index (χ3n) is 5.26. The second-order valence-electron chi connectivity index (χ2n) is 7.98. The van der Waals surface area contributed by atoms with Crippen LogP contribution in [-0.2, 0) is 16.6 Å². The minimum absolute atomic E-state index is 0.198. The van der Waals surface area contributed by atoms with Gasteiger partial charge in [0, 0.05) is 11.3 Å². The monoisotopic (exact) mass is 436 g/mol. The van der Waals surface area contributed by atoms with Crippen LogP contribution in [-0.4, -0.2) is 20.6 Å². The first-order valence-corrected chi connectivity index (χ1v) is 11.9. The SMILES string of the molecule is Cc1ccc(NC(=O)c2ccc(CN(c3c(C)cccc3C)S(C)(=O)=O)cc2)c(C)c1. The van der Waals surface area contributed by atoms with Crippen molar-refractivity contribution in [2.75, 3.05) is 15.9 Å². The first kappa shape index (κ1) is 22.6. The van der Waals surface area contributed by atoms with Crippen LogP contribution in [0.15, 0.2) is 60.7 Å². The van der Waals surface area contributed by atoms with E-state index in [4.69, 9.17) is 0 Å². The molecule has 3 aromatic rings. The van der Waals surface area contributed by atoms with Crippen LogP contribution in [0.4, 0.5) is 11.4 Å². The molecule has 0 fully saturated rings. The smallest absolute Gasteiger partial charge is 0.255 e. The fourth-order valence-electron chi connectivity index (χ4n) is 3.64. The van der Waals surface area contributed by atoms with Crippen molar-refractivity contribution in [3.05, 3.63) is 94.0 Å². The zero-order valence-corrected chi connectivity index (χ0v) is 19.4. The summed E-state index contributed by atoms with van der Waals surface area (Å²) < 4.78 is 26.5. The maximum Gasteiger partial charge on any atom is 0.255 e. The summed E-state index contributed by atoms with van der Waals surface area (Å²) in [6.45, 7) is 7.97. The number of amides is 1.